The van der Waals surface area contributed by atoms with E-state index >= 15 is 0 Å². The second-order valence-electron chi connectivity index (χ2n) is 7.05. The Hall–Kier alpha value is -1.84. The Kier molecular flexibility index (Phi) is 7.81. The highest BCUT2D eigenvalue weighted by Crippen LogP contribution is 2.31. The van der Waals surface area contributed by atoms with Gasteiger partial charge in [0.15, 0.2) is 5.75 Å². The van der Waals surface area contributed by atoms with Crippen molar-refractivity contribution < 1.29 is 17.5 Å². The van der Waals surface area contributed by atoms with Crippen molar-refractivity contribution in [2.45, 2.75) is 25.1 Å². The minimum atomic E-state index is -4.33. The zero-order chi connectivity index (χ0) is 23.4. The molecule has 0 saturated carbocycles. The van der Waals surface area contributed by atoms with Gasteiger partial charge in [-0.2, -0.15) is 8.42 Å². The summed E-state index contributed by atoms with van der Waals surface area (Å²) < 4.78 is 49.1. The number of nitrogens with zero attached hydrogens (tertiary/aromatic N) is 2. The zero-order valence-electron chi connectivity index (χ0n) is 17.3. The first-order chi connectivity index (χ1) is 15.7. The number of thiophene rings is 1. The fourth-order valence-corrected chi connectivity index (χ4v) is 6.93. The van der Waals surface area contributed by atoms with E-state index in [1.54, 1.807) is 35.6 Å². The fraction of sp³-hybridized carbons (Fsp3) is 0.200. The molecule has 2 unspecified atom stereocenters. The van der Waals surface area contributed by atoms with Crippen LogP contribution >= 0.6 is 34.0 Å². The van der Waals surface area contributed by atoms with Crippen molar-refractivity contribution in [3.8, 4) is 9.88 Å². The number of anilines is 1. The number of hydrogen-bond acceptors (Lipinski definition) is 9. The molecule has 13 heteroatoms. The Labute approximate surface area is 207 Å². The van der Waals surface area contributed by atoms with Crippen molar-refractivity contribution in [1.29, 1.82) is 0 Å². The van der Waals surface area contributed by atoms with Crippen LogP contribution < -0.4 is 9.44 Å². The van der Waals surface area contributed by atoms with Crippen molar-refractivity contribution >= 4 is 61.4 Å². The highest BCUT2D eigenvalue weighted by molar-refractivity contribution is 7.88. The number of benzene rings is 1. The summed E-state index contributed by atoms with van der Waals surface area (Å²) in [6.45, 7) is 1.91. The lowest BCUT2D eigenvalue weighted by Gasteiger charge is -2.19. The average Bonchev–Trinajstić information content (AvgIpc) is 3.49. The minimum Gasteiger partial charge on any atom is -0.598 e. The number of aryl methyl sites for hydroxylation is 1. The van der Waals surface area contributed by atoms with Gasteiger partial charge in [-0.3, -0.25) is 9.27 Å². The number of rotatable bonds is 10. The number of hydrogen-bond donors (Lipinski definition) is 3. The Balaban J connectivity index is 1.53. The summed E-state index contributed by atoms with van der Waals surface area (Å²) in [5, 5.41) is 7.70. The molecule has 33 heavy (non-hydrogen) atoms. The normalized spacial score (nSPS) is 13.7. The van der Waals surface area contributed by atoms with Crippen molar-refractivity contribution in [2.24, 2.45) is 0 Å². The smallest absolute Gasteiger partial charge is 0.357 e. The van der Waals surface area contributed by atoms with Gasteiger partial charge in [-0.15, -0.1) is 38.7 Å². The maximum absolute atomic E-state index is 12.9. The van der Waals surface area contributed by atoms with Crippen LogP contribution in [-0.2, 0) is 33.8 Å². The summed E-state index contributed by atoms with van der Waals surface area (Å²) in [6, 6.07) is 10.3. The number of aromatic nitrogens is 2. The quantitative estimate of drug-likeness (QED) is 0.198. The van der Waals surface area contributed by atoms with Crippen molar-refractivity contribution in [1.82, 2.24) is 14.7 Å². The van der Waals surface area contributed by atoms with Crippen LogP contribution in [0, 0.1) is 6.92 Å². The van der Waals surface area contributed by atoms with Gasteiger partial charge < -0.3 is 4.55 Å². The van der Waals surface area contributed by atoms with Gasteiger partial charge in [0.1, 0.15) is 10.7 Å². The first-order valence-corrected chi connectivity index (χ1v) is 15.0. The molecule has 2 atom stereocenters. The monoisotopic (exact) mass is 540 g/mol. The highest BCUT2D eigenvalue weighted by atomic mass is 32.2. The third kappa shape index (κ3) is 7.07. The second kappa shape index (κ2) is 10.6. The molecule has 0 radical (unpaired) electrons. The summed E-state index contributed by atoms with van der Waals surface area (Å²) in [7, 11) is -4.33. The van der Waals surface area contributed by atoms with Crippen LogP contribution in [0.3, 0.4) is 0 Å². The van der Waals surface area contributed by atoms with E-state index in [1.165, 1.54) is 22.7 Å². The number of thiazole rings is 2. The standard InChI is InChI=1S/C20H20N4O4S5/c1-13-21-16(10-30-13)12-32(25)23-17(18-11-31-20(22-18)19-3-2-8-29-19)9-14-4-6-15(7-5-14)24-33(26,27)28/h2-8,10-11,17,23-24H,9,12H2,1H3,(H,26,27,28). The van der Waals surface area contributed by atoms with Crippen molar-refractivity contribution in [2.75, 3.05) is 4.72 Å². The van der Waals surface area contributed by atoms with Crippen molar-refractivity contribution in [3.63, 3.8) is 0 Å². The average molecular weight is 541 g/mol. The largest absolute Gasteiger partial charge is 0.598 e. The summed E-state index contributed by atoms with van der Waals surface area (Å²) in [5.41, 5.74) is 2.70. The summed E-state index contributed by atoms with van der Waals surface area (Å²) in [4.78, 5) is 10.2. The third-order valence-electron chi connectivity index (χ3n) is 4.47. The maximum atomic E-state index is 12.9. The molecule has 0 spiro atoms. The van der Waals surface area contributed by atoms with Crippen LogP contribution in [0.5, 0.6) is 0 Å². The van der Waals surface area contributed by atoms with E-state index in [-0.39, 0.29) is 11.7 Å². The number of nitrogens with one attached hydrogen (secondary N) is 2. The Morgan fingerprint density at radius 2 is 1.91 bits per heavy atom. The van der Waals surface area contributed by atoms with Gasteiger partial charge in [0.05, 0.1) is 27.3 Å². The van der Waals surface area contributed by atoms with Gasteiger partial charge in [0.25, 0.3) is 0 Å². The van der Waals surface area contributed by atoms with E-state index in [4.69, 9.17) is 9.54 Å². The molecular weight excluding hydrogens is 521 g/mol. The van der Waals surface area contributed by atoms with Crippen LogP contribution in [0.2, 0.25) is 0 Å². The molecule has 0 aliphatic rings. The van der Waals surface area contributed by atoms with E-state index in [2.05, 4.69) is 9.71 Å². The summed E-state index contributed by atoms with van der Waals surface area (Å²) >= 11 is 3.30. The van der Waals surface area contributed by atoms with Crippen LogP contribution in [0.25, 0.3) is 9.88 Å². The van der Waals surface area contributed by atoms with E-state index in [1.807, 2.05) is 39.9 Å². The predicted octanol–water partition coefficient (Wildman–Crippen LogP) is 4.59. The van der Waals surface area contributed by atoms with E-state index in [0.717, 1.165) is 31.8 Å². The third-order valence-corrected chi connectivity index (χ3v) is 8.79. The Morgan fingerprint density at radius 1 is 1.12 bits per heavy atom. The molecule has 0 bridgehead atoms. The molecule has 0 fully saturated rings. The molecular formula is C20H20N4O4S5. The molecule has 0 saturated heterocycles. The topological polar surface area (TPSA) is 127 Å². The lowest BCUT2D eigenvalue weighted by molar-refractivity contribution is 0.489. The second-order valence-corrected chi connectivity index (χ2v) is 12.3. The van der Waals surface area contributed by atoms with Gasteiger partial charge in [-0.1, -0.05) is 18.2 Å². The van der Waals surface area contributed by atoms with Crippen LogP contribution in [0.15, 0.2) is 52.5 Å². The van der Waals surface area contributed by atoms with Crippen LogP contribution in [-0.4, -0.2) is 27.5 Å². The fourth-order valence-electron chi connectivity index (χ4n) is 3.07. The summed E-state index contributed by atoms with van der Waals surface area (Å²) in [5.74, 6) is 0.292. The minimum absolute atomic E-state index is 0.252. The van der Waals surface area contributed by atoms with Gasteiger partial charge in [0, 0.05) is 22.1 Å². The first kappa shape index (κ1) is 24.3. The molecule has 3 aromatic heterocycles. The van der Waals surface area contributed by atoms with Crippen LogP contribution in [0.4, 0.5) is 5.69 Å². The van der Waals surface area contributed by atoms with Gasteiger partial charge in [-0.25, -0.2) is 9.97 Å². The van der Waals surface area contributed by atoms with Gasteiger partial charge in [0.2, 0.25) is 0 Å². The zero-order valence-corrected chi connectivity index (χ0v) is 21.4. The van der Waals surface area contributed by atoms with Crippen molar-refractivity contribution in [3.05, 3.63) is 74.5 Å². The summed E-state index contributed by atoms with van der Waals surface area (Å²) in [6.07, 6.45) is 0.488. The highest BCUT2D eigenvalue weighted by Gasteiger charge is 2.23. The Morgan fingerprint density at radius 3 is 2.55 bits per heavy atom. The molecule has 1 aromatic carbocycles. The first-order valence-electron chi connectivity index (χ1n) is 9.64. The van der Waals surface area contributed by atoms with Crippen LogP contribution in [0.1, 0.15) is 28.0 Å². The lowest BCUT2D eigenvalue weighted by atomic mass is 10.0. The molecule has 8 nitrogen and oxygen atoms in total. The van der Waals surface area contributed by atoms with Gasteiger partial charge in [-0.05, 0) is 42.5 Å². The predicted molar refractivity (Wildman–Crippen MR) is 135 cm³/mol. The van der Waals surface area contributed by atoms with Gasteiger partial charge >= 0.3 is 10.3 Å². The molecule has 3 heterocycles. The molecule has 0 amide bonds. The maximum Gasteiger partial charge on any atom is 0.357 e. The Bertz CT molecular complexity index is 1290. The lowest BCUT2D eigenvalue weighted by Crippen LogP contribution is -2.31. The van der Waals surface area contributed by atoms with E-state index in [0.29, 0.717) is 12.2 Å². The molecule has 0 aliphatic carbocycles. The van der Waals surface area contributed by atoms with E-state index < -0.39 is 21.7 Å². The molecule has 0 aliphatic heterocycles. The molecule has 4 aromatic rings. The van der Waals surface area contributed by atoms with E-state index in [9.17, 15) is 13.0 Å². The molecule has 4 rings (SSSR count). The molecule has 174 valence electrons. The SMILES string of the molecule is Cc1nc(C[S+]([O-])NC(Cc2ccc(NS(=O)(=O)O)cc2)c2csc(-c3cccs3)n2)cs1. The molecule has 3 N–H and O–H groups in total.